The molecule has 2 amide bonds. The lowest BCUT2D eigenvalue weighted by atomic mass is 10.2. The summed E-state index contributed by atoms with van der Waals surface area (Å²) in [6.45, 7) is 6.37. The van der Waals surface area contributed by atoms with Crippen LogP contribution in [-0.2, 0) is 6.54 Å². The highest BCUT2D eigenvalue weighted by Crippen LogP contribution is 2.14. The lowest BCUT2D eigenvalue weighted by Crippen LogP contribution is -2.41. The Morgan fingerprint density at radius 3 is 2.48 bits per heavy atom. The van der Waals surface area contributed by atoms with Crippen LogP contribution in [0.15, 0.2) is 34.7 Å². The smallest absolute Gasteiger partial charge is 0.305 e. The summed E-state index contributed by atoms with van der Waals surface area (Å²) in [7, 11) is 0. The van der Waals surface area contributed by atoms with Gasteiger partial charge in [-0.15, -0.1) is 0 Å². The molecular formula is C17H19ClFN3O3. The zero-order valence-corrected chi connectivity index (χ0v) is 14.7. The molecule has 2 aromatic rings. The molecule has 25 heavy (non-hydrogen) atoms. The van der Waals surface area contributed by atoms with Crippen LogP contribution in [-0.4, -0.2) is 29.8 Å². The average molecular weight is 368 g/mol. The number of hydrogen-bond donors (Lipinski definition) is 2. The topological polar surface area (TPSA) is 74.6 Å². The third kappa shape index (κ3) is 5.04. The Morgan fingerprint density at radius 1 is 1.12 bits per heavy atom. The van der Waals surface area contributed by atoms with Gasteiger partial charge >= 0.3 is 5.91 Å². The molecule has 1 heterocycles. The fourth-order valence-electron chi connectivity index (χ4n) is 2.17. The molecular weight excluding hydrogens is 349 g/mol. The van der Waals surface area contributed by atoms with E-state index >= 15 is 0 Å². The molecule has 0 unspecified atom stereocenters. The van der Waals surface area contributed by atoms with Crippen LogP contribution in [0.4, 0.5) is 4.39 Å². The number of benzene rings is 1. The largest absolute Gasteiger partial charge is 0.454 e. The molecule has 1 aromatic carbocycles. The average Bonchev–Trinajstić information content (AvgIpc) is 3.08. The summed E-state index contributed by atoms with van der Waals surface area (Å²) in [5.74, 6) is -1.50. The molecule has 0 aliphatic heterocycles. The van der Waals surface area contributed by atoms with Gasteiger partial charge in [-0.25, -0.2) is 4.39 Å². The minimum absolute atomic E-state index is 0.0500. The summed E-state index contributed by atoms with van der Waals surface area (Å²) in [4.78, 5) is 26.1. The third-order valence-electron chi connectivity index (χ3n) is 3.62. The number of nitrogens with one attached hydrogen (secondary N) is 2. The van der Waals surface area contributed by atoms with Gasteiger partial charge in [0.15, 0.2) is 5.76 Å². The molecule has 0 fully saturated rings. The van der Waals surface area contributed by atoms with Gasteiger partial charge in [0, 0.05) is 5.02 Å². The van der Waals surface area contributed by atoms with Crippen LogP contribution in [0.25, 0.3) is 0 Å². The maximum absolute atomic E-state index is 13.6. The fourth-order valence-corrected chi connectivity index (χ4v) is 2.34. The van der Waals surface area contributed by atoms with E-state index in [2.05, 4.69) is 15.8 Å². The molecule has 0 bridgehead atoms. The molecule has 0 spiro atoms. The van der Waals surface area contributed by atoms with E-state index in [-0.39, 0.29) is 16.3 Å². The number of furan rings is 1. The van der Waals surface area contributed by atoms with Crippen molar-refractivity contribution in [3.8, 4) is 0 Å². The van der Waals surface area contributed by atoms with E-state index in [4.69, 9.17) is 16.0 Å². The van der Waals surface area contributed by atoms with Crippen LogP contribution in [0.1, 0.15) is 40.5 Å². The van der Waals surface area contributed by atoms with E-state index in [9.17, 15) is 14.0 Å². The first kappa shape index (κ1) is 19.0. The minimum Gasteiger partial charge on any atom is -0.454 e. The zero-order valence-electron chi connectivity index (χ0n) is 13.9. The molecule has 1 aromatic heterocycles. The van der Waals surface area contributed by atoms with E-state index in [1.54, 1.807) is 6.07 Å². The van der Waals surface area contributed by atoms with Gasteiger partial charge in [-0.1, -0.05) is 25.4 Å². The number of halogens is 2. The number of amides is 2. The summed E-state index contributed by atoms with van der Waals surface area (Å²) in [5.41, 5.74) is 4.04. The Morgan fingerprint density at radius 2 is 1.80 bits per heavy atom. The quantitative estimate of drug-likeness (QED) is 0.770. The van der Waals surface area contributed by atoms with E-state index in [1.165, 1.54) is 18.2 Å². The Hall–Kier alpha value is -2.38. The van der Waals surface area contributed by atoms with Gasteiger partial charge in [0.05, 0.1) is 12.1 Å². The Kier molecular flexibility index (Phi) is 6.55. The molecule has 0 radical (unpaired) electrons. The Bertz CT molecular complexity index is 759. The normalized spacial score (nSPS) is 10.8. The molecule has 2 rings (SSSR count). The summed E-state index contributed by atoms with van der Waals surface area (Å²) in [6.07, 6.45) is 0. The fraction of sp³-hybridized carbons (Fsp3) is 0.294. The number of nitrogens with zero attached hydrogens (tertiary/aromatic N) is 1. The molecule has 2 N–H and O–H groups in total. The van der Waals surface area contributed by atoms with Gasteiger partial charge in [-0.3, -0.25) is 25.3 Å². The van der Waals surface area contributed by atoms with Crippen LogP contribution in [0.2, 0.25) is 5.02 Å². The Balaban J connectivity index is 1.95. The van der Waals surface area contributed by atoms with E-state index in [0.717, 1.165) is 19.2 Å². The lowest BCUT2D eigenvalue weighted by Gasteiger charge is -2.15. The van der Waals surface area contributed by atoms with E-state index in [1.807, 2.05) is 13.8 Å². The van der Waals surface area contributed by atoms with Crippen molar-refractivity contribution < 1.29 is 18.4 Å². The second-order valence-corrected chi connectivity index (χ2v) is 5.70. The number of carbonyl (C=O) groups is 2. The maximum Gasteiger partial charge on any atom is 0.305 e. The predicted octanol–water partition coefficient (Wildman–Crippen LogP) is 2.99. The van der Waals surface area contributed by atoms with Gasteiger partial charge in [0.25, 0.3) is 5.91 Å². The monoisotopic (exact) mass is 367 g/mol. The first-order valence-corrected chi connectivity index (χ1v) is 8.19. The van der Waals surface area contributed by atoms with Crippen molar-refractivity contribution in [2.75, 3.05) is 13.1 Å². The SMILES string of the molecule is CCN(CC)Cc1ccc(C(=O)NNC(=O)c2cc(Cl)ccc2F)o1. The van der Waals surface area contributed by atoms with Crippen molar-refractivity contribution in [2.45, 2.75) is 20.4 Å². The van der Waals surface area contributed by atoms with Crippen molar-refractivity contribution in [1.82, 2.24) is 15.8 Å². The second kappa shape index (κ2) is 8.64. The highest BCUT2D eigenvalue weighted by Gasteiger charge is 2.16. The van der Waals surface area contributed by atoms with Crippen molar-refractivity contribution in [2.24, 2.45) is 0 Å². The van der Waals surface area contributed by atoms with Crippen molar-refractivity contribution in [3.05, 3.63) is 58.3 Å². The predicted molar refractivity (Wildman–Crippen MR) is 91.7 cm³/mol. The molecule has 0 atom stereocenters. The van der Waals surface area contributed by atoms with E-state index in [0.29, 0.717) is 12.3 Å². The first-order valence-electron chi connectivity index (χ1n) is 7.81. The van der Waals surface area contributed by atoms with Crippen LogP contribution in [0, 0.1) is 5.82 Å². The number of carbonyl (C=O) groups excluding carboxylic acids is 2. The lowest BCUT2D eigenvalue weighted by molar-refractivity contribution is 0.0826. The second-order valence-electron chi connectivity index (χ2n) is 5.26. The molecule has 134 valence electrons. The molecule has 0 saturated heterocycles. The molecule has 0 saturated carbocycles. The third-order valence-corrected chi connectivity index (χ3v) is 3.86. The molecule has 8 heteroatoms. The molecule has 0 aliphatic carbocycles. The highest BCUT2D eigenvalue weighted by molar-refractivity contribution is 6.31. The standard InChI is InChI=1S/C17H19ClFN3O3/c1-3-22(4-2)10-12-6-8-15(25-12)17(24)21-20-16(23)13-9-11(18)5-7-14(13)19/h5-9H,3-4,10H2,1-2H3,(H,20,23)(H,21,24). The van der Waals surface area contributed by atoms with Gasteiger partial charge in [0.1, 0.15) is 11.6 Å². The van der Waals surface area contributed by atoms with Crippen LogP contribution >= 0.6 is 11.6 Å². The number of rotatable bonds is 6. The van der Waals surface area contributed by atoms with Gasteiger partial charge < -0.3 is 4.42 Å². The van der Waals surface area contributed by atoms with Crippen LogP contribution in [0.3, 0.4) is 0 Å². The Labute approximate surface area is 149 Å². The summed E-state index contributed by atoms with van der Waals surface area (Å²) >= 11 is 5.73. The van der Waals surface area contributed by atoms with Crippen molar-refractivity contribution in [3.63, 3.8) is 0 Å². The maximum atomic E-state index is 13.6. The van der Waals surface area contributed by atoms with Gasteiger partial charge in [0.2, 0.25) is 0 Å². The van der Waals surface area contributed by atoms with Crippen LogP contribution < -0.4 is 10.9 Å². The van der Waals surface area contributed by atoms with E-state index < -0.39 is 17.6 Å². The number of hydrogen-bond acceptors (Lipinski definition) is 4. The summed E-state index contributed by atoms with van der Waals surface area (Å²) < 4.78 is 19.1. The molecule has 6 nitrogen and oxygen atoms in total. The van der Waals surface area contributed by atoms with Crippen molar-refractivity contribution in [1.29, 1.82) is 0 Å². The minimum atomic E-state index is -0.816. The van der Waals surface area contributed by atoms with Crippen LogP contribution in [0.5, 0.6) is 0 Å². The van der Waals surface area contributed by atoms with Gasteiger partial charge in [-0.2, -0.15) is 0 Å². The number of hydrazine groups is 1. The van der Waals surface area contributed by atoms with Crippen molar-refractivity contribution >= 4 is 23.4 Å². The zero-order chi connectivity index (χ0) is 18.4. The summed E-state index contributed by atoms with van der Waals surface area (Å²) in [5, 5.41) is 0.213. The highest BCUT2D eigenvalue weighted by atomic mass is 35.5. The van der Waals surface area contributed by atoms with Gasteiger partial charge in [-0.05, 0) is 43.4 Å². The molecule has 0 aliphatic rings. The summed E-state index contributed by atoms with van der Waals surface area (Å²) in [6, 6.07) is 6.79. The first-order chi connectivity index (χ1) is 11.9.